The Hall–Kier alpha value is -1.83. The van der Waals surface area contributed by atoms with Crippen molar-refractivity contribution in [2.75, 3.05) is 11.1 Å². The summed E-state index contributed by atoms with van der Waals surface area (Å²) in [7, 11) is 0. The Balaban J connectivity index is 2.53. The van der Waals surface area contributed by atoms with Gasteiger partial charge >= 0.3 is 0 Å². The summed E-state index contributed by atoms with van der Waals surface area (Å²) in [5.74, 6) is -7.04. The van der Waals surface area contributed by atoms with E-state index < -0.39 is 34.8 Å². The summed E-state index contributed by atoms with van der Waals surface area (Å²) in [6.45, 7) is 0. The maximum Gasteiger partial charge on any atom is 0.185 e. The molecule has 0 atom stereocenters. The number of hydrogen-bond donors (Lipinski definition) is 2. The number of nitrogens with one attached hydrogen (secondary N) is 1. The first kappa shape index (κ1) is 14.6. The molecule has 0 radical (unpaired) electrons. The van der Waals surface area contributed by atoms with Crippen molar-refractivity contribution < 1.29 is 22.0 Å². The maximum atomic E-state index is 13.5. The molecule has 0 spiro atoms. The number of nitrogens with two attached hydrogens (primary N) is 1. The lowest BCUT2D eigenvalue weighted by atomic mass is 10.2. The van der Waals surface area contributed by atoms with Crippen molar-refractivity contribution in [2.45, 2.75) is 0 Å². The molecule has 0 saturated carbocycles. The Kier molecular flexibility index (Phi) is 3.85. The zero-order valence-electron chi connectivity index (χ0n) is 9.58. The molecule has 0 saturated heterocycles. The molecule has 0 heterocycles. The van der Waals surface area contributed by atoms with Crippen LogP contribution in [-0.4, -0.2) is 0 Å². The van der Waals surface area contributed by atoms with Gasteiger partial charge in [-0.3, -0.25) is 0 Å². The molecule has 2 aromatic carbocycles. The van der Waals surface area contributed by atoms with Crippen molar-refractivity contribution in [2.24, 2.45) is 0 Å². The molecule has 2 aromatic rings. The lowest BCUT2D eigenvalue weighted by Gasteiger charge is -2.12. The highest BCUT2D eigenvalue weighted by Gasteiger charge is 2.20. The van der Waals surface area contributed by atoms with E-state index in [0.29, 0.717) is 0 Å². The van der Waals surface area contributed by atoms with E-state index >= 15 is 0 Å². The van der Waals surface area contributed by atoms with Gasteiger partial charge in [-0.05, 0) is 22.0 Å². The number of hydrogen-bond acceptors (Lipinski definition) is 2. The Morgan fingerprint density at radius 3 is 1.95 bits per heavy atom. The van der Waals surface area contributed by atoms with Gasteiger partial charge in [0.1, 0.15) is 11.5 Å². The van der Waals surface area contributed by atoms with Crippen LogP contribution in [0.2, 0.25) is 0 Å². The number of rotatable bonds is 2. The summed E-state index contributed by atoms with van der Waals surface area (Å²) in [6, 6.07) is 2.06. The number of nitrogen functional groups attached to an aromatic ring is 1. The second-order valence-corrected chi connectivity index (χ2v) is 4.68. The normalized spacial score (nSPS) is 10.7. The van der Waals surface area contributed by atoms with E-state index in [0.717, 1.165) is 12.1 Å². The van der Waals surface area contributed by atoms with Gasteiger partial charge in [-0.2, -0.15) is 0 Å². The highest BCUT2D eigenvalue weighted by atomic mass is 79.9. The molecular weight excluding hydrogens is 347 g/mol. The SMILES string of the molecule is Nc1cc(F)c(Br)cc1Nc1c(F)c(F)cc(F)c1F. The third-order valence-electron chi connectivity index (χ3n) is 2.46. The van der Waals surface area contributed by atoms with Crippen molar-refractivity contribution in [3.8, 4) is 0 Å². The molecule has 0 aliphatic carbocycles. The zero-order chi connectivity index (χ0) is 15.0. The molecule has 0 aromatic heterocycles. The van der Waals surface area contributed by atoms with Gasteiger partial charge in [-0.25, -0.2) is 22.0 Å². The van der Waals surface area contributed by atoms with Crippen LogP contribution in [-0.2, 0) is 0 Å². The quantitative estimate of drug-likeness (QED) is 0.475. The molecule has 20 heavy (non-hydrogen) atoms. The number of benzene rings is 2. The molecule has 2 nitrogen and oxygen atoms in total. The average Bonchev–Trinajstić information content (AvgIpc) is 2.38. The summed E-state index contributed by atoms with van der Waals surface area (Å²) in [5.41, 5.74) is 4.11. The largest absolute Gasteiger partial charge is 0.397 e. The van der Waals surface area contributed by atoms with Gasteiger partial charge in [-0.1, -0.05) is 0 Å². The Bertz CT molecular complexity index is 664. The topological polar surface area (TPSA) is 38.0 Å². The smallest absolute Gasteiger partial charge is 0.185 e. The maximum absolute atomic E-state index is 13.5. The molecule has 0 aliphatic heterocycles. The van der Waals surface area contributed by atoms with Gasteiger partial charge in [0.05, 0.1) is 15.8 Å². The average molecular weight is 353 g/mol. The van der Waals surface area contributed by atoms with Crippen LogP contribution in [0.4, 0.5) is 39.0 Å². The van der Waals surface area contributed by atoms with E-state index in [2.05, 4.69) is 21.2 Å². The summed E-state index contributed by atoms with van der Waals surface area (Å²) in [5, 5.41) is 2.11. The van der Waals surface area contributed by atoms with Crippen molar-refractivity contribution in [3.63, 3.8) is 0 Å². The van der Waals surface area contributed by atoms with Crippen LogP contribution in [0.5, 0.6) is 0 Å². The first-order valence-electron chi connectivity index (χ1n) is 5.15. The molecule has 3 N–H and O–H groups in total. The van der Waals surface area contributed by atoms with Gasteiger partial charge < -0.3 is 11.1 Å². The monoisotopic (exact) mass is 352 g/mol. The fourth-order valence-corrected chi connectivity index (χ4v) is 1.83. The van der Waals surface area contributed by atoms with Crippen molar-refractivity contribution >= 4 is 33.0 Å². The fourth-order valence-electron chi connectivity index (χ4n) is 1.49. The molecule has 0 amide bonds. The standard InChI is InChI=1S/C12H6BrF5N2/c13-4-1-9(8(19)3-5(4)14)20-12-10(17)6(15)2-7(16)11(12)18/h1-3,20H,19H2. The minimum Gasteiger partial charge on any atom is -0.397 e. The molecule has 0 unspecified atom stereocenters. The van der Waals surface area contributed by atoms with E-state index in [9.17, 15) is 22.0 Å². The predicted octanol–water partition coefficient (Wildman–Crippen LogP) is 4.47. The van der Waals surface area contributed by atoms with E-state index in [1.165, 1.54) is 0 Å². The molecule has 0 fully saturated rings. The molecule has 0 bridgehead atoms. The van der Waals surface area contributed by atoms with Crippen LogP contribution in [0.1, 0.15) is 0 Å². The van der Waals surface area contributed by atoms with Crippen LogP contribution >= 0.6 is 15.9 Å². The summed E-state index contributed by atoms with van der Waals surface area (Å²) in [6.07, 6.45) is 0. The van der Waals surface area contributed by atoms with E-state index in [4.69, 9.17) is 5.73 Å². The molecule has 106 valence electrons. The lowest BCUT2D eigenvalue weighted by Crippen LogP contribution is -2.05. The Morgan fingerprint density at radius 1 is 0.850 bits per heavy atom. The lowest BCUT2D eigenvalue weighted by molar-refractivity contribution is 0.459. The van der Waals surface area contributed by atoms with Crippen LogP contribution in [0.25, 0.3) is 0 Å². The number of halogens is 6. The molecular formula is C12H6BrF5N2. The van der Waals surface area contributed by atoms with Gasteiger partial charge in [0, 0.05) is 12.1 Å². The van der Waals surface area contributed by atoms with E-state index in [1.807, 2.05) is 0 Å². The van der Waals surface area contributed by atoms with Gasteiger partial charge in [0.15, 0.2) is 23.3 Å². The highest BCUT2D eigenvalue weighted by molar-refractivity contribution is 9.10. The Morgan fingerprint density at radius 2 is 1.40 bits per heavy atom. The van der Waals surface area contributed by atoms with Crippen LogP contribution < -0.4 is 11.1 Å². The minimum absolute atomic E-state index is 0.0353. The Labute approximate surface area is 118 Å². The summed E-state index contributed by atoms with van der Waals surface area (Å²) in [4.78, 5) is 0. The zero-order valence-corrected chi connectivity index (χ0v) is 11.2. The van der Waals surface area contributed by atoms with Crippen molar-refractivity contribution in [1.82, 2.24) is 0 Å². The fraction of sp³-hybridized carbons (Fsp3) is 0. The molecule has 8 heteroatoms. The van der Waals surface area contributed by atoms with Crippen molar-refractivity contribution in [1.29, 1.82) is 0 Å². The predicted molar refractivity (Wildman–Crippen MR) is 68.1 cm³/mol. The third kappa shape index (κ3) is 2.55. The van der Waals surface area contributed by atoms with Crippen LogP contribution in [0.3, 0.4) is 0 Å². The second-order valence-electron chi connectivity index (χ2n) is 3.82. The van der Waals surface area contributed by atoms with Gasteiger partial charge in [0.2, 0.25) is 0 Å². The highest BCUT2D eigenvalue weighted by Crippen LogP contribution is 2.32. The second kappa shape index (κ2) is 5.28. The third-order valence-corrected chi connectivity index (χ3v) is 3.07. The minimum atomic E-state index is -1.61. The summed E-state index contributed by atoms with van der Waals surface area (Å²) < 4.78 is 66.2. The first-order chi connectivity index (χ1) is 9.31. The number of anilines is 3. The summed E-state index contributed by atoms with van der Waals surface area (Å²) >= 11 is 2.85. The van der Waals surface area contributed by atoms with E-state index in [-0.39, 0.29) is 21.9 Å². The molecule has 2 rings (SSSR count). The van der Waals surface area contributed by atoms with Gasteiger partial charge in [0.25, 0.3) is 0 Å². The van der Waals surface area contributed by atoms with Crippen molar-refractivity contribution in [3.05, 3.63) is 51.8 Å². The first-order valence-corrected chi connectivity index (χ1v) is 5.95. The van der Waals surface area contributed by atoms with Crippen LogP contribution in [0.15, 0.2) is 22.7 Å². The van der Waals surface area contributed by atoms with Gasteiger partial charge in [-0.15, -0.1) is 0 Å². The van der Waals surface area contributed by atoms with E-state index in [1.54, 1.807) is 0 Å². The van der Waals surface area contributed by atoms with Crippen LogP contribution in [0, 0.1) is 29.1 Å². The molecule has 0 aliphatic rings.